The molecule has 5 aromatic rings. The summed E-state index contributed by atoms with van der Waals surface area (Å²) in [6, 6.07) is 9.93. The highest BCUT2D eigenvalue weighted by Gasteiger charge is 2.18. The Morgan fingerprint density at radius 3 is 2.57 bits per heavy atom. The summed E-state index contributed by atoms with van der Waals surface area (Å²) in [5.74, 6) is -0.776. The van der Waals surface area contributed by atoms with Crippen LogP contribution in [0.1, 0.15) is 10.4 Å². The maximum Gasteiger partial charge on any atom is 0.323 e. The number of urea groups is 1. The van der Waals surface area contributed by atoms with E-state index >= 15 is 0 Å². The zero-order chi connectivity index (χ0) is 24.5. The van der Waals surface area contributed by atoms with Crippen molar-refractivity contribution < 1.29 is 18.7 Å². The van der Waals surface area contributed by atoms with Crippen LogP contribution in [0.2, 0.25) is 0 Å². The highest BCUT2D eigenvalue weighted by atomic mass is 19.1. The van der Waals surface area contributed by atoms with E-state index in [1.807, 2.05) is 0 Å². The lowest BCUT2D eigenvalue weighted by atomic mass is 10.1. The molecule has 3 aromatic heterocycles. The van der Waals surface area contributed by atoms with Gasteiger partial charge in [-0.2, -0.15) is 0 Å². The number of hydrogen-bond acceptors (Lipinski definition) is 7. The quantitative estimate of drug-likeness (QED) is 0.355. The molecule has 11 nitrogen and oxygen atoms in total. The van der Waals surface area contributed by atoms with Gasteiger partial charge < -0.3 is 21.1 Å². The number of carbonyl (C=O) groups excluding carboxylic acids is 2. The van der Waals surface area contributed by atoms with Gasteiger partial charge >= 0.3 is 6.03 Å². The van der Waals surface area contributed by atoms with Crippen molar-refractivity contribution in [2.24, 2.45) is 5.73 Å². The fourth-order valence-corrected chi connectivity index (χ4v) is 3.61. The molecule has 0 atom stereocenters. The second-order valence-corrected chi connectivity index (χ2v) is 7.39. The number of amides is 3. The molecule has 174 valence electrons. The van der Waals surface area contributed by atoms with Crippen molar-refractivity contribution >= 4 is 40.0 Å². The second kappa shape index (κ2) is 8.67. The molecule has 0 aliphatic heterocycles. The molecule has 3 heterocycles. The summed E-state index contributed by atoms with van der Waals surface area (Å²) in [6.45, 7) is 0. The van der Waals surface area contributed by atoms with E-state index in [1.54, 1.807) is 28.7 Å². The fraction of sp³-hybridized carbons (Fsp3) is 0.0435. The molecule has 0 radical (unpaired) electrons. The predicted molar refractivity (Wildman–Crippen MR) is 126 cm³/mol. The van der Waals surface area contributed by atoms with Gasteiger partial charge in [-0.15, -0.1) is 10.2 Å². The summed E-state index contributed by atoms with van der Waals surface area (Å²) in [4.78, 5) is 32.4. The first-order valence-corrected chi connectivity index (χ1v) is 10.2. The maximum absolute atomic E-state index is 14.9. The molecule has 0 aliphatic rings. The normalized spacial score (nSPS) is 10.9. The van der Waals surface area contributed by atoms with Crippen LogP contribution in [-0.2, 0) is 0 Å². The average molecular weight is 472 g/mol. The zero-order valence-electron chi connectivity index (χ0n) is 18.2. The molecule has 2 aromatic carbocycles. The standard InChI is InChI=1S/C23H17FN8O3/c1-35-19-10-17-18(9-14(19)21(25)33)32-20(11-27-17)30-31-22(32)12-2-3-16(15(24)8-12)29-23(34)28-13-4-6-26-7-5-13/h2-11H,1H3,(H2,25,33)(H2,26,28,29,34). The van der Waals surface area contributed by atoms with Crippen LogP contribution in [-0.4, -0.2) is 43.6 Å². The third-order valence-corrected chi connectivity index (χ3v) is 5.22. The number of nitrogens with zero attached hydrogens (tertiary/aromatic N) is 5. The molecule has 35 heavy (non-hydrogen) atoms. The average Bonchev–Trinajstić information content (AvgIpc) is 3.29. The first-order chi connectivity index (χ1) is 16.9. The lowest BCUT2D eigenvalue weighted by Crippen LogP contribution is -2.20. The molecule has 0 saturated carbocycles. The van der Waals surface area contributed by atoms with Gasteiger partial charge in [0, 0.05) is 29.7 Å². The Kier molecular flexibility index (Phi) is 5.37. The summed E-state index contributed by atoms with van der Waals surface area (Å²) >= 11 is 0. The van der Waals surface area contributed by atoms with E-state index in [-0.39, 0.29) is 17.0 Å². The summed E-state index contributed by atoms with van der Waals surface area (Å²) < 4.78 is 21.8. The van der Waals surface area contributed by atoms with Crippen LogP contribution in [0.4, 0.5) is 20.6 Å². The summed E-state index contributed by atoms with van der Waals surface area (Å²) in [6.07, 6.45) is 4.54. The Morgan fingerprint density at radius 1 is 1.06 bits per heavy atom. The Balaban J connectivity index is 1.52. The van der Waals surface area contributed by atoms with E-state index in [0.717, 1.165) is 0 Å². The first-order valence-electron chi connectivity index (χ1n) is 10.2. The van der Waals surface area contributed by atoms with Gasteiger partial charge in [0.25, 0.3) is 5.91 Å². The van der Waals surface area contributed by atoms with Crippen molar-refractivity contribution in [3.05, 3.63) is 72.4 Å². The largest absolute Gasteiger partial charge is 0.496 e. The Hall–Kier alpha value is -5.13. The Bertz CT molecular complexity index is 1600. The van der Waals surface area contributed by atoms with E-state index < -0.39 is 17.8 Å². The number of ether oxygens (including phenoxy) is 1. The van der Waals surface area contributed by atoms with Crippen molar-refractivity contribution in [1.82, 2.24) is 24.6 Å². The molecule has 0 aliphatic carbocycles. The second-order valence-electron chi connectivity index (χ2n) is 7.39. The molecule has 0 saturated heterocycles. The van der Waals surface area contributed by atoms with Gasteiger partial charge in [0.15, 0.2) is 11.5 Å². The van der Waals surface area contributed by atoms with Crippen LogP contribution in [0.5, 0.6) is 5.75 Å². The number of primary amides is 1. The number of hydrogen-bond donors (Lipinski definition) is 3. The van der Waals surface area contributed by atoms with Gasteiger partial charge in [-0.3, -0.25) is 19.2 Å². The van der Waals surface area contributed by atoms with Crippen molar-refractivity contribution in [3.8, 4) is 17.1 Å². The topological polar surface area (TPSA) is 149 Å². The third-order valence-electron chi connectivity index (χ3n) is 5.22. The number of nitrogens with one attached hydrogen (secondary N) is 2. The zero-order valence-corrected chi connectivity index (χ0v) is 18.2. The van der Waals surface area contributed by atoms with E-state index in [2.05, 4.69) is 30.8 Å². The van der Waals surface area contributed by atoms with E-state index in [1.165, 1.54) is 43.9 Å². The van der Waals surface area contributed by atoms with Crippen molar-refractivity contribution in [2.45, 2.75) is 0 Å². The van der Waals surface area contributed by atoms with Gasteiger partial charge in [-0.25, -0.2) is 9.18 Å². The number of aromatic nitrogens is 5. The predicted octanol–water partition coefficient (Wildman–Crippen LogP) is 3.23. The molecule has 12 heteroatoms. The smallest absolute Gasteiger partial charge is 0.323 e. The summed E-state index contributed by atoms with van der Waals surface area (Å²) in [5.41, 5.74) is 7.88. The van der Waals surface area contributed by atoms with E-state index in [0.29, 0.717) is 33.8 Å². The molecule has 0 unspecified atom stereocenters. The molecular weight excluding hydrogens is 455 g/mol. The first kappa shape index (κ1) is 21.7. The lowest BCUT2D eigenvalue weighted by molar-refractivity contribution is 0.0997. The van der Waals surface area contributed by atoms with Crippen LogP contribution in [0, 0.1) is 5.82 Å². The molecule has 3 amide bonds. The van der Waals surface area contributed by atoms with Crippen LogP contribution >= 0.6 is 0 Å². The van der Waals surface area contributed by atoms with Gasteiger partial charge in [0.1, 0.15) is 11.6 Å². The van der Waals surface area contributed by atoms with Crippen LogP contribution in [0.25, 0.3) is 28.1 Å². The van der Waals surface area contributed by atoms with E-state index in [4.69, 9.17) is 10.5 Å². The number of fused-ring (bicyclic) bond motifs is 3. The number of nitrogens with two attached hydrogens (primary N) is 1. The van der Waals surface area contributed by atoms with Crippen molar-refractivity contribution in [2.75, 3.05) is 17.7 Å². The monoisotopic (exact) mass is 472 g/mol. The molecule has 4 N–H and O–H groups in total. The van der Waals surface area contributed by atoms with Gasteiger partial charge in [0.05, 0.1) is 35.6 Å². The van der Waals surface area contributed by atoms with Crippen LogP contribution in [0.3, 0.4) is 0 Å². The van der Waals surface area contributed by atoms with Crippen molar-refractivity contribution in [3.63, 3.8) is 0 Å². The minimum absolute atomic E-state index is 0.0265. The number of halogens is 1. The molecule has 0 bridgehead atoms. The van der Waals surface area contributed by atoms with Crippen molar-refractivity contribution in [1.29, 1.82) is 0 Å². The van der Waals surface area contributed by atoms with Gasteiger partial charge in [-0.05, 0) is 36.4 Å². The Labute approximate surface area is 196 Å². The van der Waals surface area contributed by atoms with Crippen LogP contribution in [0.15, 0.2) is 61.1 Å². The highest BCUT2D eigenvalue weighted by molar-refractivity contribution is 6.00. The SMILES string of the molecule is COc1cc2ncc3nnc(-c4ccc(NC(=O)Nc5ccncc5)c(F)c4)n3c2cc1C(N)=O. The number of methoxy groups -OCH3 is 1. The maximum atomic E-state index is 14.9. The highest BCUT2D eigenvalue weighted by Crippen LogP contribution is 2.29. The van der Waals surface area contributed by atoms with Gasteiger partial charge in [-0.1, -0.05) is 0 Å². The molecule has 0 spiro atoms. The number of rotatable bonds is 5. The number of anilines is 2. The van der Waals surface area contributed by atoms with Crippen LogP contribution < -0.4 is 21.1 Å². The van der Waals surface area contributed by atoms with E-state index in [9.17, 15) is 14.0 Å². The third kappa shape index (κ3) is 4.04. The summed E-state index contributed by atoms with van der Waals surface area (Å²) in [7, 11) is 1.42. The number of benzene rings is 2. The molecule has 0 fully saturated rings. The summed E-state index contributed by atoms with van der Waals surface area (Å²) in [5, 5.41) is 13.3. The number of pyridine rings is 1. The Morgan fingerprint density at radius 2 is 1.86 bits per heavy atom. The molecule has 5 rings (SSSR count). The minimum Gasteiger partial charge on any atom is -0.496 e. The number of carbonyl (C=O) groups is 2. The van der Waals surface area contributed by atoms with Gasteiger partial charge in [0.2, 0.25) is 0 Å². The fourth-order valence-electron chi connectivity index (χ4n) is 3.61. The molecular formula is C23H17FN8O3. The lowest BCUT2D eigenvalue weighted by Gasteiger charge is -2.11. The minimum atomic E-state index is -0.679.